The number of esters is 1. The molecular weight excluding hydrogens is 398 g/mol. The van der Waals surface area contributed by atoms with E-state index in [1.807, 2.05) is 31.1 Å². The van der Waals surface area contributed by atoms with Crippen LogP contribution >= 0.6 is 0 Å². The zero-order valence-electron chi connectivity index (χ0n) is 17.6. The van der Waals surface area contributed by atoms with Gasteiger partial charge in [0.05, 0.1) is 47.7 Å². The van der Waals surface area contributed by atoms with E-state index in [0.717, 1.165) is 13.0 Å². The van der Waals surface area contributed by atoms with Crippen molar-refractivity contribution in [2.75, 3.05) is 51.0 Å². The summed E-state index contributed by atoms with van der Waals surface area (Å²) >= 11 is 0. The summed E-state index contributed by atoms with van der Waals surface area (Å²) < 4.78 is 5.00. The van der Waals surface area contributed by atoms with Gasteiger partial charge in [-0.25, -0.2) is 0 Å². The number of likely N-dealkylation sites (N-methyl/N-ethyl adjacent to an activating group) is 1. The first-order valence-corrected chi connectivity index (χ1v) is 10.3. The van der Waals surface area contributed by atoms with Crippen LogP contribution in [0.2, 0.25) is 0 Å². The van der Waals surface area contributed by atoms with Crippen LogP contribution in [0.1, 0.15) is 44.7 Å². The average molecular weight is 423 g/mol. The number of ketones is 2. The van der Waals surface area contributed by atoms with Gasteiger partial charge in [0.2, 0.25) is 0 Å². The largest absolute Gasteiger partial charge is 0.466 e. The highest BCUT2D eigenvalue weighted by Gasteiger charge is 2.34. The van der Waals surface area contributed by atoms with Crippen molar-refractivity contribution in [1.82, 2.24) is 15.1 Å². The molecule has 1 aliphatic heterocycles. The Bertz CT molecular complexity index is 1040. The van der Waals surface area contributed by atoms with Gasteiger partial charge in [-0.1, -0.05) is 0 Å². The monoisotopic (exact) mass is 423 g/mol. The first-order valence-electron chi connectivity index (χ1n) is 10.3. The van der Waals surface area contributed by atoms with Crippen molar-refractivity contribution in [2.24, 2.45) is 5.92 Å². The predicted octanol–water partition coefficient (Wildman–Crippen LogP) is 1.59. The van der Waals surface area contributed by atoms with Gasteiger partial charge in [-0.15, -0.1) is 0 Å². The van der Waals surface area contributed by atoms with Crippen molar-refractivity contribution < 1.29 is 19.1 Å². The zero-order chi connectivity index (χ0) is 22.0. The van der Waals surface area contributed by atoms with Gasteiger partial charge in [-0.05, 0) is 38.6 Å². The molecule has 2 N–H and O–H groups in total. The third kappa shape index (κ3) is 4.27. The summed E-state index contributed by atoms with van der Waals surface area (Å²) in [6.45, 7) is 2.31. The number of benzene rings is 1. The maximum absolute atomic E-state index is 13.3. The van der Waals surface area contributed by atoms with Crippen molar-refractivity contribution in [3.63, 3.8) is 0 Å². The molecule has 1 saturated heterocycles. The van der Waals surface area contributed by atoms with E-state index in [0.29, 0.717) is 48.6 Å². The number of aromatic nitrogens is 2. The van der Waals surface area contributed by atoms with E-state index in [2.05, 4.69) is 20.8 Å². The third-order valence-corrected chi connectivity index (χ3v) is 5.58. The molecule has 0 amide bonds. The fourth-order valence-corrected chi connectivity index (χ4v) is 3.90. The summed E-state index contributed by atoms with van der Waals surface area (Å²) in [6, 6.07) is 3.62. The molecule has 2 heterocycles. The summed E-state index contributed by atoms with van der Waals surface area (Å²) in [5.74, 6) is -0.611. The first kappa shape index (κ1) is 20.9. The van der Waals surface area contributed by atoms with E-state index >= 15 is 0 Å². The lowest BCUT2D eigenvalue weighted by atomic mass is 9.83. The molecule has 1 fully saturated rings. The average Bonchev–Trinajstić information content (AvgIpc) is 2.76. The van der Waals surface area contributed by atoms with Crippen LogP contribution in [0.25, 0.3) is 0 Å². The topological polar surface area (TPSA) is 114 Å². The van der Waals surface area contributed by atoms with E-state index in [-0.39, 0.29) is 34.6 Å². The number of anilines is 2. The Balaban J connectivity index is 1.68. The van der Waals surface area contributed by atoms with Crippen molar-refractivity contribution in [3.05, 3.63) is 46.8 Å². The molecule has 1 aromatic heterocycles. The highest BCUT2D eigenvalue weighted by molar-refractivity contribution is 6.31. The summed E-state index contributed by atoms with van der Waals surface area (Å²) in [4.78, 5) is 40.3. The highest BCUT2D eigenvalue weighted by Crippen LogP contribution is 2.36. The van der Waals surface area contributed by atoms with Crippen molar-refractivity contribution in [3.8, 4) is 0 Å². The van der Waals surface area contributed by atoms with Gasteiger partial charge in [0.1, 0.15) is 0 Å². The first-order chi connectivity index (χ1) is 15.0. The Hall–Kier alpha value is -3.33. The SMILES string of the molecule is CN(C)CCNc1ccc(NCC2CCOC(=O)C2)c2c1C(=O)c1cnncc1C2=O. The fourth-order valence-electron chi connectivity index (χ4n) is 3.90. The summed E-state index contributed by atoms with van der Waals surface area (Å²) in [7, 11) is 3.93. The number of carbonyl (C=O) groups is 3. The number of nitrogens with one attached hydrogen (secondary N) is 2. The normalized spacial score (nSPS) is 17.8. The Kier molecular flexibility index (Phi) is 5.94. The Morgan fingerprint density at radius 1 is 1.00 bits per heavy atom. The molecule has 31 heavy (non-hydrogen) atoms. The van der Waals surface area contributed by atoms with E-state index in [1.54, 1.807) is 0 Å². The molecule has 4 rings (SSSR count). The molecule has 162 valence electrons. The van der Waals surface area contributed by atoms with Crippen molar-refractivity contribution in [2.45, 2.75) is 12.8 Å². The minimum absolute atomic E-state index is 0.113. The summed E-state index contributed by atoms with van der Waals surface area (Å²) in [5, 5.41) is 14.2. The molecule has 9 heteroatoms. The molecule has 1 atom stereocenters. The quantitative estimate of drug-likeness (QED) is 0.547. The minimum atomic E-state index is -0.263. The molecular formula is C22H25N5O4. The second-order valence-electron chi connectivity index (χ2n) is 8.08. The van der Waals surface area contributed by atoms with E-state index in [9.17, 15) is 14.4 Å². The number of nitrogens with zero attached hydrogens (tertiary/aromatic N) is 3. The number of ether oxygens (including phenoxy) is 1. The number of fused-ring (bicyclic) bond motifs is 2. The van der Waals surface area contributed by atoms with Gasteiger partial charge in [0.15, 0.2) is 11.6 Å². The van der Waals surface area contributed by atoms with Crippen LogP contribution in [0.3, 0.4) is 0 Å². The lowest BCUT2D eigenvalue weighted by molar-refractivity contribution is -0.148. The van der Waals surface area contributed by atoms with Crippen LogP contribution < -0.4 is 10.6 Å². The number of cyclic esters (lactones) is 1. The minimum Gasteiger partial charge on any atom is -0.466 e. The molecule has 0 saturated carbocycles. The molecule has 0 bridgehead atoms. The van der Waals surface area contributed by atoms with Crippen LogP contribution in [0.4, 0.5) is 11.4 Å². The third-order valence-electron chi connectivity index (χ3n) is 5.58. The van der Waals surface area contributed by atoms with Crippen molar-refractivity contribution in [1.29, 1.82) is 0 Å². The standard InChI is InChI=1S/C22H25N5O4/c1-27(2)7-6-23-16-3-4-17(24-10-13-5-8-31-18(28)9-13)20-19(16)21(29)14-11-25-26-12-15(14)22(20)30/h3-4,11-13,23-24H,5-10H2,1-2H3. The fraction of sp³-hybridized carbons (Fsp3) is 0.409. The maximum Gasteiger partial charge on any atom is 0.306 e. The summed E-state index contributed by atoms with van der Waals surface area (Å²) in [5.41, 5.74) is 2.38. The molecule has 1 aromatic carbocycles. The number of hydrogen-bond donors (Lipinski definition) is 2. The Morgan fingerprint density at radius 3 is 2.19 bits per heavy atom. The molecule has 2 aromatic rings. The molecule has 1 aliphatic carbocycles. The van der Waals surface area contributed by atoms with Gasteiger partial charge < -0.3 is 20.3 Å². The predicted molar refractivity (Wildman–Crippen MR) is 115 cm³/mol. The van der Waals surface area contributed by atoms with Gasteiger partial charge in [-0.3, -0.25) is 14.4 Å². The van der Waals surface area contributed by atoms with E-state index < -0.39 is 0 Å². The smallest absolute Gasteiger partial charge is 0.306 e. The van der Waals surface area contributed by atoms with E-state index in [4.69, 9.17) is 4.74 Å². The number of carbonyl (C=O) groups excluding carboxylic acids is 3. The zero-order valence-corrected chi connectivity index (χ0v) is 17.6. The molecule has 0 radical (unpaired) electrons. The van der Waals surface area contributed by atoms with Gasteiger partial charge in [-0.2, -0.15) is 10.2 Å². The number of rotatable bonds is 7. The Labute approximate surface area is 180 Å². The van der Waals surface area contributed by atoms with Crippen molar-refractivity contribution >= 4 is 28.9 Å². The van der Waals surface area contributed by atoms with Gasteiger partial charge in [0, 0.05) is 31.0 Å². The van der Waals surface area contributed by atoms with Crippen LogP contribution in [-0.4, -0.2) is 73.0 Å². The molecule has 0 spiro atoms. The second-order valence-corrected chi connectivity index (χ2v) is 8.08. The van der Waals surface area contributed by atoms with Crippen LogP contribution in [-0.2, 0) is 9.53 Å². The molecule has 9 nitrogen and oxygen atoms in total. The van der Waals surface area contributed by atoms with Crippen LogP contribution in [0.5, 0.6) is 0 Å². The van der Waals surface area contributed by atoms with Gasteiger partial charge in [0.25, 0.3) is 0 Å². The second kappa shape index (κ2) is 8.81. The summed E-state index contributed by atoms with van der Waals surface area (Å²) in [6.07, 6.45) is 3.78. The lowest BCUT2D eigenvalue weighted by Gasteiger charge is -2.26. The van der Waals surface area contributed by atoms with E-state index in [1.165, 1.54) is 12.4 Å². The van der Waals surface area contributed by atoms with Crippen LogP contribution in [0.15, 0.2) is 24.5 Å². The number of hydrogen-bond acceptors (Lipinski definition) is 9. The lowest BCUT2D eigenvalue weighted by Crippen LogP contribution is -2.29. The van der Waals surface area contributed by atoms with Crippen LogP contribution in [0, 0.1) is 5.92 Å². The maximum atomic E-state index is 13.3. The molecule has 1 unspecified atom stereocenters. The Morgan fingerprint density at radius 2 is 1.61 bits per heavy atom. The molecule has 2 aliphatic rings. The van der Waals surface area contributed by atoms with Gasteiger partial charge >= 0.3 is 5.97 Å². The highest BCUT2D eigenvalue weighted by atomic mass is 16.5.